The quantitative estimate of drug-likeness (QED) is 0.433. The van der Waals surface area contributed by atoms with Crippen molar-refractivity contribution in [3.05, 3.63) is 18.2 Å². The number of nitrogen functional groups attached to an aromatic ring is 2. The summed E-state index contributed by atoms with van der Waals surface area (Å²) in [4.78, 5) is 0. The molecule has 6 heteroatoms. The van der Waals surface area contributed by atoms with Crippen molar-refractivity contribution in [3.63, 3.8) is 0 Å². The zero-order chi connectivity index (χ0) is 13.2. The Morgan fingerprint density at radius 3 is 2.28 bits per heavy atom. The number of ether oxygens (including phenoxy) is 3. The van der Waals surface area contributed by atoms with E-state index in [4.69, 9.17) is 30.8 Å². The van der Waals surface area contributed by atoms with Crippen LogP contribution in [0.4, 0.5) is 11.4 Å². The van der Waals surface area contributed by atoms with Gasteiger partial charge in [-0.2, -0.15) is 0 Å². The lowest BCUT2D eigenvalue weighted by atomic mass is 10.2. The average Bonchev–Trinajstić information content (AvgIpc) is 2.35. The van der Waals surface area contributed by atoms with E-state index < -0.39 is 0 Å². The van der Waals surface area contributed by atoms with Gasteiger partial charge in [-0.3, -0.25) is 0 Å². The number of hydrogen-bond donors (Lipinski definition) is 3. The SMILES string of the molecule is Nc1ccc(OCCOCCOCCO)c(N)c1. The van der Waals surface area contributed by atoms with Crippen LogP contribution in [0.1, 0.15) is 0 Å². The van der Waals surface area contributed by atoms with Crippen molar-refractivity contribution < 1.29 is 19.3 Å². The molecule has 0 spiro atoms. The summed E-state index contributed by atoms with van der Waals surface area (Å²) in [5.41, 5.74) is 12.4. The molecule has 1 aromatic rings. The third-order valence-electron chi connectivity index (χ3n) is 2.13. The molecule has 0 saturated heterocycles. The lowest BCUT2D eigenvalue weighted by Crippen LogP contribution is -2.12. The summed E-state index contributed by atoms with van der Waals surface area (Å²) in [6.07, 6.45) is 0. The van der Waals surface area contributed by atoms with Crippen molar-refractivity contribution in [2.45, 2.75) is 0 Å². The second-order valence-corrected chi connectivity index (χ2v) is 3.59. The lowest BCUT2D eigenvalue weighted by molar-refractivity contribution is 0.0248. The van der Waals surface area contributed by atoms with E-state index in [1.807, 2.05) is 0 Å². The summed E-state index contributed by atoms with van der Waals surface area (Å²) in [6, 6.07) is 5.11. The maximum atomic E-state index is 8.47. The summed E-state index contributed by atoms with van der Waals surface area (Å²) in [7, 11) is 0. The molecule has 5 N–H and O–H groups in total. The monoisotopic (exact) mass is 256 g/mol. The number of nitrogens with two attached hydrogens (primary N) is 2. The van der Waals surface area contributed by atoms with Crippen LogP contribution in [0.5, 0.6) is 5.75 Å². The molecule has 0 fully saturated rings. The molecule has 6 nitrogen and oxygen atoms in total. The normalized spacial score (nSPS) is 10.5. The Kier molecular flexibility index (Phi) is 6.93. The molecule has 1 rings (SSSR count). The van der Waals surface area contributed by atoms with Crippen LogP contribution < -0.4 is 16.2 Å². The highest BCUT2D eigenvalue weighted by Crippen LogP contribution is 2.23. The minimum absolute atomic E-state index is 0.0273. The number of rotatable bonds is 9. The first-order chi connectivity index (χ1) is 8.74. The zero-order valence-corrected chi connectivity index (χ0v) is 10.3. The van der Waals surface area contributed by atoms with Gasteiger partial charge in [0, 0.05) is 5.69 Å². The van der Waals surface area contributed by atoms with Crippen LogP contribution in [-0.4, -0.2) is 44.7 Å². The Labute approximate surface area is 106 Å². The van der Waals surface area contributed by atoms with Gasteiger partial charge in [0.2, 0.25) is 0 Å². The van der Waals surface area contributed by atoms with E-state index >= 15 is 0 Å². The van der Waals surface area contributed by atoms with Crippen LogP contribution in [0, 0.1) is 0 Å². The van der Waals surface area contributed by atoms with Crippen LogP contribution in [0.15, 0.2) is 18.2 Å². The van der Waals surface area contributed by atoms with E-state index in [2.05, 4.69) is 0 Å². The first kappa shape index (κ1) is 14.6. The minimum Gasteiger partial charge on any atom is -0.489 e. The fourth-order valence-corrected chi connectivity index (χ4v) is 1.30. The molecule has 1 aromatic carbocycles. The number of anilines is 2. The van der Waals surface area contributed by atoms with Gasteiger partial charge < -0.3 is 30.8 Å². The van der Waals surface area contributed by atoms with Crippen molar-refractivity contribution in [2.75, 3.05) is 51.1 Å². The smallest absolute Gasteiger partial charge is 0.142 e. The van der Waals surface area contributed by atoms with Crippen molar-refractivity contribution in [2.24, 2.45) is 0 Å². The number of benzene rings is 1. The molecular formula is C12H20N2O4. The van der Waals surface area contributed by atoms with E-state index in [0.717, 1.165) is 0 Å². The second-order valence-electron chi connectivity index (χ2n) is 3.59. The van der Waals surface area contributed by atoms with E-state index in [-0.39, 0.29) is 6.61 Å². The zero-order valence-electron chi connectivity index (χ0n) is 10.3. The maximum Gasteiger partial charge on any atom is 0.142 e. The van der Waals surface area contributed by atoms with Crippen molar-refractivity contribution in [1.82, 2.24) is 0 Å². The molecule has 0 saturated carbocycles. The molecule has 0 bridgehead atoms. The molecule has 0 aliphatic carbocycles. The van der Waals surface area contributed by atoms with E-state index in [0.29, 0.717) is 50.2 Å². The molecule has 0 heterocycles. The van der Waals surface area contributed by atoms with Gasteiger partial charge in [0.25, 0.3) is 0 Å². The first-order valence-electron chi connectivity index (χ1n) is 5.78. The second kappa shape index (κ2) is 8.57. The Morgan fingerprint density at radius 2 is 1.61 bits per heavy atom. The standard InChI is InChI=1S/C12H20N2O4/c13-10-1-2-12(11(14)9-10)18-8-7-17-6-5-16-4-3-15/h1-2,9,15H,3-8,13-14H2. The average molecular weight is 256 g/mol. The molecule has 0 unspecified atom stereocenters. The predicted octanol–water partition coefficient (Wildman–Crippen LogP) is 0.255. The maximum absolute atomic E-state index is 8.47. The fraction of sp³-hybridized carbons (Fsp3) is 0.500. The van der Waals surface area contributed by atoms with E-state index in [9.17, 15) is 0 Å². The lowest BCUT2D eigenvalue weighted by Gasteiger charge is -2.09. The third-order valence-corrected chi connectivity index (χ3v) is 2.13. The van der Waals surface area contributed by atoms with Gasteiger partial charge in [0.15, 0.2) is 0 Å². The highest BCUT2D eigenvalue weighted by Gasteiger charge is 2.00. The van der Waals surface area contributed by atoms with Crippen LogP contribution in [0.3, 0.4) is 0 Å². The number of hydrogen-bond acceptors (Lipinski definition) is 6. The van der Waals surface area contributed by atoms with Crippen LogP contribution in [0.2, 0.25) is 0 Å². The molecule has 0 amide bonds. The van der Waals surface area contributed by atoms with Gasteiger partial charge in [-0.1, -0.05) is 0 Å². The summed E-state index contributed by atoms with van der Waals surface area (Å²) in [6.45, 7) is 2.16. The van der Waals surface area contributed by atoms with Crippen molar-refractivity contribution >= 4 is 11.4 Å². The van der Waals surface area contributed by atoms with E-state index in [1.165, 1.54) is 0 Å². The highest BCUT2D eigenvalue weighted by molar-refractivity contribution is 5.60. The van der Waals surface area contributed by atoms with Crippen molar-refractivity contribution in [1.29, 1.82) is 0 Å². The summed E-state index contributed by atoms with van der Waals surface area (Å²) >= 11 is 0. The Hall–Kier alpha value is -1.50. The van der Waals surface area contributed by atoms with Gasteiger partial charge in [-0.05, 0) is 18.2 Å². The molecular weight excluding hydrogens is 236 g/mol. The van der Waals surface area contributed by atoms with Crippen molar-refractivity contribution in [3.8, 4) is 5.75 Å². The number of aliphatic hydroxyl groups excluding tert-OH is 1. The van der Waals surface area contributed by atoms with Crippen LogP contribution in [0.25, 0.3) is 0 Å². The first-order valence-corrected chi connectivity index (χ1v) is 5.78. The van der Waals surface area contributed by atoms with Gasteiger partial charge in [0.05, 0.1) is 38.7 Å². The molecule has 0 aromatic heterocycles. The summed E-state index contributed by atoms with van der Waals surface area (Å²) in [5.74, 6) is 0.601. The minimum atomic E-state index is 0.0273. The largest absolute Gasteiger partial charge is 0.489 e. The summed E-state index contributed by atoms with van der Waals surface area (Å²) < 4.78 is 15.7. The van der Waals surface area contributed by atoms with Gasteiger partial charge in [0.1, 0.15) is 12.4 Å². The van der Waals surface area contributed by atoms with Gasteiger partial charge >= 0.3 is 0 Å². The summed E-state index contributed by atoms with van der Waals surface area (Å²) in [5, 5.41) is 8.47. The topological polar surface area (TPSA) is 100.0 Å². The molecule has 0 atom stereocenters. The molecule has 0 aliphatic rings. The molecule has 102 valence electrons. The molecule has 0 aliphatic heterocycles. The molecule has 18 heavy (non-hydrogen) atoms. The highest BCUT2D eigenvalue weighted by atomic mass is 16.5. The van der Waals surface area contributed by atoms with Crippen LogP contribution >= 0.6 is 0 Å². The van der Waals surface area contributed by atoms with Crippen LogP contribution in [-0.2, 0) is 9.47 Å². The van der Waals surface area contributed by atoms with Gasteiger partial charge in [-0.15, -0.1) is 0 Å². The Balaban J connectivity index is 2.07. The van der Waals surface area contributed by atoms with E-state index in [1.54, 1.807) is 18.2 Å². The molecule has 0 radical (unpaired) electrons. The Bertz CT molecular complexity index is 347. The third kappa shape index (κ3) is 5.72. The Morgan fingerprint density at radius 1 is 0.944 bits per heavy atom. The fourth-order valence-electron chi connectivity index (χ4n) is 1.30. The van der Waals surface area contributed by atoms with Gasteiger partial charge in [-0.25, -0.2) is 0 Å². The predicted molar refractivity (Wildman–Crippen MR) is 69.5 cm³/mol. The number of aliphatic hydroxyl groups is 1.